The summed E-state index contributed by atoms with van der Waals surface area (Å²) in [4.78, 5) is 19.1. The molecule has 0 aliphatic carbocycles. The minimum Gasteiger partial charge on any atom is -0.357 e. The molecular weight excluding hydrogens is 350 g/mol. The van der Waals surface area contributed by atoms with Crippen molar-refractivity contribution in [1.29, 1.82) is 0 Å². The molecule has 132 valence electrons. The van der Waals surface area contributed by atoms with Crippen LogP contribution in [0.15, 0.2) is 42.6 Å². The van der Waals surface area contributed by atoms with Crippen molar-refractivity contribution in [3.63, 3.8) is 0 Å². The van der Waals surface area contributed by atoms with E-state index in [0.29, 0.717) is 10.1 Å². The first kappa shape index (κ1) is 18.1. The molecule has 0 saturated carbocycles. The number of nitrogens with zero attached hydrogens (tertiary/aromatic N) is 2. The molecule has 4 nitrogen and oxygen atoms in total. The van der Waals surface area contributed by atoms with Crippen molar-refractivity contribution in [3.05, 3.63) is 53.7 Å². The van der Waals surface area contributed by atoms with Gasteiger partial charge in [0.05, 0.1) is 10.1 Å². The number of aromatic nitrogens is 1. The second kappa shape index (κ2) is 8.63. The van der Waals surface area contributed by atoms with Crippen LogP contribution in [0.4, 0.5) is 11.5 Å². The molecule has 1 aromatic carbocycles. The molecule has 6 heteroatoms. The Morgan fingerprint density at radius 2 is 1.96 bits per heavy atom. The summed E-state index contributed by atoms with van der Waals surface area (Å²) in [5, 5.41) is 2.99. The molecule has 1 saturated heterocycles. The fourth-order valence-corrected chi connectivity index (χ4v) is 5.61. The van der Waals surface area contributed by atoms with E-state index in [0.717, 1.165) is 24.6 Å². The van der Waals surface area contributed by atoms with Crippen LogP contribution in [0, 0.1) is 0 Å². The Labute approximate surface area is 157 Å². The molecule has 3 rings (SSSR count). The third-order valence-corrected chi connectivity index (χ3v) is 7.24. The van der Waals surface area contributed by atoms with E-state index in [-0.39, 0.29) is 5.91 Å². The number of carbonyl (C=O) groups excluding carboxylic acids is 1. The van der Waals surface area contributed by atoms with Crippen LogP contribution in [0.3, 0.4) is 0 Å². The first-order valence-electron chi connectivity index (χ1n) is 8.56. The van der Waals surface area contributed by atoms with Gasteiger partial charge in [-0.25, -0.2) is 4.98 Å². The van der Waals surface area contributed by atoms with Crippen molar-refractivity contribution >= 4 is 40.9 Å². The molecule has 25 heavy (non-hydrogen) atoms. The van der Waals surface area contributed by atoms with Gasteiger partial charge < -0.3 is 10.2 Å². The lowest BCUT2D eigenvalue weighted by Gasteiger charge is -2.19. The standard InChI is InChI=1S/C19H23N3OS2/c1-3-22(4-2)17-9-8-15(13-20-17)18(23)21-16-7-5-6-14(12-16)19-24-10-11-25-19/h5-9,12-13,19H,3-4,10-11H2,1-2H3,(H,21,23). The smallest absolute Gasteiger partial charge is 0.257 e. The Morgan fingerprint density at radius 1 is 1.20 bits per heavy atom. The number of thioether (sulfide) groups is 2. The highest BCUT2D eigenvalue weighted by molar-refractivity contribution is 8.19. The molecule has 1 aliphatic heterocycles. The summed E-state index contributed by atoms with van der Waals surface area (Å²) >= 11 is 3.93. The molecule has 2 heterocycles. The van der Waals surface area contributed by atoms with Gasteiger partial charge in [0.25, 0.3) is 5.91 Å². The number of benzene rings is 1. The molecule has 1 amide bonds. The lowest BCUT2D eigenvalue weighted by Crippen LogP contribution is -2.23. The van der Waals surface area contributed by atoms with Crippen molar-refractivity contribution in [2.75, 3.05) is 34.8 Å². The highest BCUT2D eigenvalue weighted by Crippen LogP contribution is 2.45. The Morgan fingerprint density at radius 3 is 2.60 bits per heavy atom. The lowest BCUT2D eigenvalue weighted by molar-refractivity contribution is 0.102. The van der Waals surface area contributed by atoms with Crippen LogP contribution in [0.1, 0.15) is 34.4 Å². The van der Waals surface area contributed by atoms with Crippen LogP contribution >= 0.6 is 23.5 Å². The summed E-state index contributed by atoms with van der Waals surface area (Å²) in [6, 6.07) is 11.9. The van der Waals surface area contributed by atoms with Crippen molar-refractivity contribution < 1.29 is 4.79 Å². The number of carbonyl (C=O) groups is 1. The summed E-state index contributed by atoms with van der Waals surface area (Å²) in [6.07, 6.45) is 1.65. The number of pyridine rings is 1. The first-order chi connectivity index (χ1) is 12.2. The normalized spacial score (nSPS) is 14.5. The summed E-state index contributed by atoms with van der Waals surface area (Å²) < 4.78 is 0.479. The fourth-order valence-electron chi connectivity index (χ4n) is 2.77. The zero-order valence-electron chi connectivity index (χ0n) is 14.6. The minimum atomic E-state index is -0.123. The van der Waals surface area contributed by atoms with Gasteiger partial charge in [0, 0.05) is 36.5 Å². The maximum Gasteiger partial charge on any atom is 0.257 e. The van der Waals surface area contributed by atoms with Crippen LogP contribution in [0.25, 0.3) is 0 Å². The van der Waals surface area contributed by atoms with Crippen LogP contribution in [0.5, 0.6) is 0 Å². The zero-order chi connectivity index (χ0) is 17.6. The number of hydrogen-bond acceptors (Lipinski definition) is 5. The van der Waals surface area contributed by atoms with Gasteiger partial charge in [-0.05, 0) is 43.7 Å². The molecular formula is C19H23N3OS2. The number of rotatable bonds is 6. The number of amides is 1. The molecule has 1 fully saturated rings. The van der Waals surface area contributed by atoms with Gasteiger partial charge in [-0.2, -0.15) is 0 Å². The Bertz CT molecular complexity index is 711. The average molecular weight is 374 g/mol. The molecule has 0 spiro atoms. The molecule has 0 atom stereocenters. The highest BCUT2D eigenvalue weighted by atomic mass is 32.2. The van der Waals surface area contributed by atoms with Crippen LogP contribution < -0.4 is 10.2 Å². The molecule has 2 aromatic rings. The van der Waals surface area contributed by atoms with E-state index in [1.807, 2.05) is 47.8 Å². The largest absolute Gasteiger partial charge is 0.357 e. The van der Waals surface area contributed by atoms with Gasteiger partial charge in [0.1, 0.15) is 5.82 Å². The second-order valence-corrected chi connectivity index (χ2v) is 8.45. The molecule has 0 radical (unpaired) electrons. The molecule has 1 N–H and O–H groups in total. The maximum absolute atomic E-state index is 12.5. The molecule has 1 aromatic heterocycles. The fraction of sp³-hybridized carbons (Fsp3) is 0.368. The van der Waals surface area contributed by atoms with E-state index >= 15 is 0 Å². The van der Waals surface area contributed by atoms with E-state index in [1.165, 1.54) is 17.1 Å². The summed E-state index contributed by atoms with van der Waals surface area (Å²) in [6.45, 7) is 6.00. The summed E-state index contributed by atoms with van der Waals surface area (Å²) in [5.41, 5.74) is 2.68. The number of nitrogens with one attached hydrogen (secondary N) is 1. The van der Waals surface area contributed by atoms with Gasteiger partial charge in [0.15, 0.2) is 0 Å². The summed E-state index contributed by atoms with van der Waals surface area (Å²) in [7, 11) is 0. The van der Waals surface area contributed by atoms with Gasteiger partial charge in [0.2, 0.25) is 0 Å². The third-order valence-electron chi connectivity index (χ3n) is 4.14. The maximum atomic E-state index is 12.5. The van der Waals surface area contributed by atoms with Gasteiger partial charge in [-0.15, -0.1) is 23.5 Å². The van der Waals surface area contributed by atoms with Gasteiger partial charge in [-0.1, -0.05) is 12.1 Å². The zero-order valence-corrected chi connectivity index (χ0v) is 16.2. The minimum absolute atomic E-state index is 0.123. The van der Waals surface area contributed by atoms with Crippen LogP contribution in [0.2, 0.25) is 0 Å². The third kappa shape index (κ3) is 4.50. The van der Waals surface area contributed by atoms with Crippen molar-refractivity contribution in [1.82, 2.24) is 4.98 Å². The lowest BCUT2D eigenvalue weighted by atomic mass is 10.2. The SMILES string of the molecule is CCN(CC)c1ccc(C(=O)Nc2cccc(C3SCCS3)c2)cn1. The van der Waals surface area contributed by atoms with E-state index in [2.05, 4.69) is 41.2 Å². The Balaban J connectivity index is 1.68. The molecule has 1 aliphatic rings. The average Bonchev–Trinajstić information content (AvgIpc) is 3.18. The van der Waals surface area contributed by atoms with Crippen LogP contribution in [-0.2, 0) is 0 Å². The summed E-state index contributed by atoms with van der Waals surface area (Å²) in [5.74, 6) is 3.16. The number of anilines is 2. The predicted octanol–water partition coefficient (Wildman–Crippen LogP) is 4.66. The van der Waals surface area contributed by atoms with Crippen molar-refractivity contribution in [3.8, 4) is 0 Å². The number of hydrogen-bond donors (Lipinski definition) is 1. The van der Waals surface area contributed by atoms with Crippen molar-refractivity contribution in [2.45, 2.75) is 18.4 Å². The van der Waals surface area contributed by atoms with Crippen LogP contribution in [-0.4, -0.2) is 35.5 Å². The Kier molecular flexibility index (Phi) is 6.26. The predicted molar refractivity (Wildman–Crippen MR) is 110 cm³/mol. The van der Waals surface area contributed by atoms with E-state index in [4.69, 9.17) is 0 Å². The van der Waals surface area contributed by atoms with E-state index in [1.54, 1.807) is 6.20 Å². The second-order valence-electron chi connectivity index (χ2n) is 5.73. The van der Waals surface area contributed by atoms with E-state index in [9.17, 15) is 4.79 Å². The quantitative estimate of drug-likeness (QED) is 0.798. The van der Waals surface area contributed by atoms with Crippen molar-refractivity contribution in [2.24, 2.45) is 0 Å². The Hall–Kier alpha value is -1.66. The van der Waals surface area contributed by atoms with E-state index < -0.39 is 0 Å². The highest BCUT2D eigenvalue weighted by Gasteiger charge is 2.18. The molecule has 0 bridgehead atoms. The van der Waals surface area contributed by atoms with Gasteiger partial charge >= 0.3 is 0 Å². The first-order valence-corrected chi connectivity index (χ1v) is 10.7. The monoisotopic (exact) mass is 373 g/mol. The molecule has 0 unspecified atom stereocenters. The van der Waals surface area contributed by atoms with Gasteiger partial charge in [-0.3, -0.25) is 4.79 Å². The topological polar surface area (TPSA) is 45.2 Å².